The van der Waals surface area contributed by atoms with Crippen molar-refractivity contribution in [1.29, 1.82) is 5.41 Å². The summed E-state index contributed by atoms with van der Waals surface area (Å²) in [7, 11) is 1.75. The maximum absolute atomic E-state index is 13.0. The molecule has 0 amide bonds. The predicted molar refractivity (Wildman–Crippen MR) is 135 cm³/mol. The van der Waals surface area contributed by atoms with Crippen molar-refractivity contribution in [2.24, 2.45) is 0 Å². The van der Waals surface area contributed by atoms with Gasteiger partial charge in [0.05, 0.1) is 22.7 Å². The second-order valence-electron chi connectivity index (χ2n) is 7.80. The number of fused-ring (bicyclic) bond motifs is 1. The van der Waals surface area contributed by atoms with E-state index in [1.165, 1.54) is 12.1 Å². The largest absolute Gasteiger partial charge is 0.478 e. The maximum atomic E-state index is 13.0. The Morgan fingerprint density at radius 1 is 1.21 bits per heavy atom. The number of hydrogen-bond acceptors (Lipinski definition) is 6. The zero-order valence-corrected chi connectivity index (χ0v) is 19.2. The number of anilines is 1. The number of nitrogens with one attached hydrogen (secondary N) is 3. The van der Waals surface area contributed by atoms with Gasteiger partial charge in [0, 0.05) is 46.7 Å². The van der Waals surface area contributed by atoms with Crippen molar-refractivity contribution in [1.82, 2.24) is 5.32 Å². The van der Waals surface area contributed by atoms with E-state index in [2.05, 4.69) is 10.6 Å². The standard InChI is InChI=1S/C26H22ClN3O4/c1-14(30-22-6-4-3-5-18(22)26(32)33)19-10-17(27)11-20-23(31)12-24(34-25(19)20)15-7-8-21(28)16(9-15)13-29-2/h3-14,28-30H,1-2H3,(H,32,33)/b16-13-,28-21?/t14-/m0/s1. The van der Waals surface area contributed by atoms with Gasteiger partial charge in [-0.05, 0) is 49.4 Å². The summed E-state index contributed by atoms with van der Waals surface area (Å²) in [5, 5.41) is 24.3. The summed E-state index contributed by atoms with van der Waals surface area (Å²) < 4.78 is 6.21. The molecule has 0 radical (unpaired) electrons. The molecule has 0 spiro atoms. The Balaban J connectivity index is 1.83. The van der Waals surface area contributed by atoms with Crippen LogP contribution in [0.15, 0.2) is 81.7 Å². The highest BCUT2D eigenvalue weighted by Gasteiger charge is 2.19. The summed E-state index contributed by atoms with van der Waals surface area (Å²) in [6.07, 6.45) is 6.82. The number of benzene rings is 2. The molecule has 0 bridgehead atoms. The van der Waals surface area contributed by atoms with Crippen molar-refractivity contribution in [3.63, 3.8) is 0 Å². The van der Waals surface area contributed by atoms with E-state index in [0.29, 0.717) is 49.9 Å². The number of halogens is 1. The van der Waals surface area contributed by atoms with Crippen molar-refractivity contribution >= 4 is 45.5 Å². The van der Waals surface area contributed by atoms with Crippen molar-refractivity contribution < 1.29 is 14.3 Å². The Labute approximate surface area is 200 Å². The zero-order valence-electron chi connectivity index (χ0n) is 18.5. The summed E-state index contributed by atoms with van der Waals surface area (Å²) in [5.74, 6) is -0.697. The van der Waals surface area contributed by atoms with E-state index in [1.807, 2.05) is 6.92 Å². The molecule has 3 aromatic rings. The van der Waals surface area contributed by atoms with Gasteiger partial charge in [0.25, 0.3) is 0 Å². The molecule has 1 aliphatic carbocycles. The lowest BCUT2D eigenvalue weighted by Crippen LogP contribution is -2.12. The van der Waals surface area contributed by atoms with Crippen LogP contribution in [0.5, 0.6) is 0 Å². The topological polar surface area (TPSA) is 115 Å². The second-order valence-corrected chi connectivity index (χ2v) is 8.23. The summed E-state index contributed by atoms with van der Waals surface area (Å²) in [4.78, 5) is 24.6. The average molecular weight is 476 g/mol. The monoisotopic (exact) mass is 475 g/mol. The first kappa shape index (κ1) is 23.1. The highest BCUT2D eigenvalue weighted by atomic mass is 35.5. The van der Waals surface area contributed by atoms with Gasteiger partial charge < -0.3 is 25.6 Å². The van der Waals surface area contributed by atoms with Gasteiger partial charge in [-0.25, -0.2) is 4.79 Å². The Kier molecular flexibility index (Phi) is 6.38. The molecule has 7 nitrogen and oxygen atoms in total. The molecular weight excluding hydrogens is 454 g/mol. The number of para-hydroxylation sites is 1. The number of hydrogen-bond donors (Lipinski definition) is 4. The van der Waals surface area contributed by atoms with Crippen LogP contribution in [-0.2, 0) is 0 Å². The van der Waals surface area contributed by atoms with Crippen LogP contribution in [0.25, 0.3) is 16.5 Å². The molecule has 0 aliphatic heterocycles. The number of allylic oxidation sites excluding steroid dienone is 5. The minimum absolute atomic E-state index is 0.131. The number of aromatic carboxylic acids is 1. The van der Waals surface area contributed by atoms with Crippen LogP contribution in [0, 0.1) is 5.41 Å². The zero-order chi connectivity index (χ0) is 24.4. The van der Waals surface area contributed by atoms with Crippen LogP contribution in [0.2, 0.25) is 5.02 Å². The minimum Gasteiger partial charge on any atom is -0.478 e. The number of carbonyl (C=O) groups is 1. The molecule has 4 N–H and O–H groups in total. The van der Waals surface area contributed by atoms with Crippen LogP contribution in [-0.4, -0.2) is 23.8 Å². The third-order valence-electron chi connectivity index (χ3n) is 5.45. The fourth-order valence-corrected chi connectivity index (χ4v) is 4.04. The smallest absolute Gasteiger partial charge is 0.337 e. The lowest BCUT2D eigenvalue weighted by atomic mass is 9.98. The van der Waals surface area contributed by atoms with E-state index < -0.39 is 12.0 Å². The van der Waals surface area contributed by atoms with Crippen LogP contribution >= 0.6 is 11.6 Å². The molecular formula is C26H22ClN3O4. The number of carboxylic acids is 1. The molecule has 0 saturated heterocycles. The van der Waals surface area contributed by atoms with Gasteiger partial charge in [-0.1, -0.05) is 23.7 Å². The fourth-order valence-electron chi connectivity index (χ4n) is 3.81. The molecule has 1 heterocycles. The third-order valence-corrected chi connectivity index (χ3v) is 5.67. The molecule has 0 unspecified atom stereocenters. The molecule has 34 heavy (non-hydrogen) atoms. The van der Waals surface area contributed by atoms with E-state index >= 15 is 0 Å². The summed E-state index contributed by atoms with van der Waals surface area (Å²) in [6, 6.07) is 10.8. The predicted octanol–water partition coefficient (Wildman–Crippen LogP) is 5.39. The summed E-state index contributed by atoms with van der Waals surface area (Å²) in [6.45, 7) is 1.84. The van der Waals surface area contributed by atoms with Gasteiger partial charge in [0.2, 0.25) is 0 Å². The van der Waals surface area contributed by atoms with Crippen LogP contribution in [0.1, 0.15) is 34.6 Å². The van der Waals surface area contributed by atoms with Crippen LogP contribution in [0.4, 0.5) is 5.69 Å². The number of rotatable bonds is 6. The van der Waals surface area contributed by atoms with E-state index in [-0.39, 0.29) is 11.0 Å². The van der Waals surface area contributed by atoms with Crippen molar-refractivity contribution in [3.8, 4) is 0 Å². The Bertz CT molecular complexity index is 1470. The SMILES string of the molecule is CN/C=C1/C=C(c2cc(=O)c3cc(Cl)cc([C@H](C)Nc4ccccc4C(=O)O)c3o2)C=CC1=N. The molecule has 1 aromatic heterocycles. The highest BCUT2D eigenvalue weighted by Crippen LogP contribution is 2.32. The quantitative estimate of drug-likeness (QED) is 0.379. The highest BCUT2D eigenvalue weighted by molar-refractivity contribution is 6.31. The van der Waals surface area contributed by atoms with Gasteiger partial charge in [0.1, 0.15) is 11.3 Å². The normalized spacial score (nSPS) is 15.3. The molecule has 4 rings (SSSR count). The minimum atomic E-state index is -1.05. The lowest BCUT2D eigenvalue weighted by molar-refractivity contribution is 0.0698. The first-order chi connectivity index (χ1) is 16.3. The average Bonchev–Trinajstić information content (AvgIpc) is 2.80. The maximum Gasteiger partial charge on any atom is 0.337 e. The van der Waals surface area contributed by atoms with E-state index in [9.17, 15) is 14.7 Å². The Hall–Kier alpha value is -4.10. The number of carboxylic acid groups (broad SMARTS) is 1. The summed E-state index contributed by atoms with van der Waals surface area (Å²) >= 11 is 6.32. The van der Waals surface area contributed by atoms with E-state index in [0.717, 1.165) is 0 Å². The molecule has 0 saturated carbocycles. The first-order valence-corrected chi connectivity index (χ1v) is 10.9. The van der Waals surface area contributed by atoms with Gasteiger partial charge in [-0.2, -0.15) is 0 Å². The van der Waals surface area contributed by atoms with E-state index in [1.54, 1.807) is 61.8 Å². The van der Waals surface area contributed by atoms with Crippen molar-refractivity contribution in [2.75, 3.05) is 12.4 Å². The third kappa shape index (κ3) is 4.51. The summed E-state index contributed by atoms with van der Waals surface area (Å²) in [5.41, 5.74) is 2.91. The molecule has 8 heteroatoms. The molecule has 2 aromatic carbocycles. The Morgan fingerprint density at radius 3 is 2.71 bits per heavy atom. The van der Waals surface area contributed by atoms with Crippen LogP contribution < -0.4 is 16.1 Å². The van der Waals surface area contributed by atoms with Crippen molar-refractivity contribution in [3.05, 3.63) is 105 Å². The molecule has 1 atom stereocenters. The van der Waals surface area contributed by atoms with Gasteiger partial charge in [-0.15, -0.1) is 0 Å². The van der Waals surface area contributed by atoms with Crippen molar-refractivity contribution in [2.45, 2.75) is 13.0 Å². The van der Waals surface area contributed by atoms with Crippen LogP contribution in [0.3, 0.4) is 0 Å². The molecule has 0 fully saturated rings. The molecule has 172 valence electrons. The second kappa shape index (κ2) is 9.41. The van der Waals surface area contributed by atoms with Gasteiger partial charge in [-0.3, -0.25) is 4.79 Å². The lowest BCUT2D eigenvalue weighted by Gasteiger charge is -2.19. The van der Waals surface area contributed by atoms with Gasteiger partial charge >= 0.3 is 5.97 Å². The Morgan fingerprint density at radius 2 is 1.97 bits per heavy atom. The van der Waals surface area contributed by atoms with Gasteiger partial charge in [0.15, 0.2) is 5.43 Å². The molecule has 1 aliphatic rings. The van der Waals surface area contributed by atoms with E-state index in [4.69, 9.17) is 21.4 Å². The first-order valence-electron chi connectivity index (χ1n) is 10.5. The fraction of sp³-hybridized carbons (Fsp3) is 0.115.